The second-order valence-corrected chi connectivity index (χ2v) is 8.28. The van der Waals surface area contributed by atoms with Crippen LogP contribution in [-0.4, -0.2) is 34.0 Å². The van der Waals surface area contributed by atoms with Gasteiger partial charge in [-0.05, 0) is 61.6 Å². The molecule has 1 aliphatic rings. The molecule has 0 bridgehead atoms. The van der Waals surface area contributed by atoms with E-state index in [9.17, 15) is 4.79 Å². The van der Waals surface area contributed by atoms with Crippen molar-refractivity contribution in [3.05, 3.63) is 83.3 Å². The highest BCUT2D eigenvalue weighted by Crippen LogP contribution is 2.27. The molecule has 2 amide bonds. The Morgan fingerprint density at radius 2 is 2.00 bits per heavy atom. The van der Waals surface area contributed by atoms with Crippen LogP contribution < -0.4 is 10.1 Å². The minimum Gasteiger partial charge on any atom is -0.439 e. The molecule has 0 saturated carbocycles. The topological polar surface area (TPSA) is 67.3 Å². The van der Waals surface area contributed by atoms with E-state index in [0.29, 0.717) is 19.0 Å². The van der Waals surface area contributed by atoms with Crippen LogP contribution in [-0.2, 0) is 0 Å². The smallest absolute Gasteiger partial charge is 0.321 e. The first kappa shape index (κ1) is 21.6. The van der Waals surface area contributed by atoms with Crippen LogP contribution in [0.5, 0.6) is 11.6 Å². The number of anilines is 1. The van der Waals surface area contributed by atoms with Gasteiger partial charge in [0.25, 0.3) is 0 Å². The fraction of sp³-hybridized carbons (Fsp3) is 0.269. The third-order valence-electron chi connectivity index (χ3n) is 5.56. The molecule has 1 aromatic carbocycles. The van der Waals surface area contributed by atoms with Crippen molar-refractivity contribution in [2.45, 2.75) is 27.2 Å². The molecule has 1 N–H and O–H groups in total. The number of carbonyl (C=O) groups is 1. The molecule has 6 nitrogen and oxygen atoms in total. The summed E-state index contributed by atoms with van der Waals surface area (Å²) in [5, 5.41) is 2.94. The summed E-state index contributed by atoms with van der Waals surface area (Å²) < 4.78 is 5.90. The molecule has 1 saturated heterocycles. The molecule has 4 rings (SSSR count). The third kappa shape index (κ3) is 5.52. The zero-order valence-electron chi connectivity index (χ0n) is 18.7. The number of urea groups is 1. The van der Waals surface area contributed by atoms with Gasteiger partial charge in [-0.3, -0.25) is 4.98 Å². The van der Waals surface area contributed by atoms with Crippen LogP contribution in [0.1, 0.15) is 30.2 Å². The van der Waals surface area contributed by atoms with Crippen molar-refractivity contribution in [1.82, 2.24) is 14.9 Å². The molecule has 164 valence electrons. The van der Waals surface area contributed by atoms with Crippen molar-refractivity contribution in [2.24, 2.45) is 5.92 Å². The fourth-order valence-electron chi connectivity index (χ4n) is 3.71. The number of pyridine rings is 2. The van der Waals surface area contributed by atoms with Gasteiger partial charge in [-0.15, -0.1) is 0 Å². The average Bonchev–Trinajstić information content (AvgIpc) is 2.78. The number of carbonyl (C=O) groups excluding carboxylic acids is 1. The first-order valence-corrected chi connectivity index (χ1v) is 10.9. The van der Waals surface area contributed by atoms with Crippen LogP contribution in [0, 0.1) is 19.8 Å². The van der Waals surface area contributed by atoms with E-state index in [2.05, 4.69) is 34.4 Å². The molecule has 1 atom stereocenters. The van der Waals surface area contributed by atoms with Crippen LogP contribution in [0.2, 0.25) is 0 Å². The summed E-state index contributed by atoms with van der Waals surface area (Å²) in [6.45, 7) is 7.45. The molecule has 1 unspecified atom stereocenters. The molecule has 6 heteroatoms. The van der Waals surface area contributed by atoms with E-state index in [-0.39, 0.29) is 11.9 Å². The second kappa shape index (κ2) is 9.64. The number of hydrogen-bond acceptors (Lipinski definition) is 4. The summed E-state index contributed by atoms with van der Waals surface area (Å²) >= 11 is 0. The van der Waals surface area contributed by atoms with E-state index in [4.69, 9.17) is 4.74 Å². The SMILES string of the molecule is Cc1ccc(Oc2cccc(C=C3CCN(C(=O)Nc4ccc(C)nc4)CC3C)c2)nc1. The lowest BCUT2D eigenvalue weighted by molar-refractivity contribution is 0.198. The Hall–Kier alpha value is -3.67. The van der Waals surface area contributed by atoms with Crippen LogP contribution in [0.4, 0.5) is 10.5 Å². The van der Waals surface area contributed by atoms with E-state index in [1.807, 2.05) is 61.2 Å². The van der Waals surface area contributed by atoms with E-state index >= 15 is 0 Å². The molecule has 3 aromatic rings. The Bertz CT molecular complexity index is 1110. The molecule has 0 spiro atoms. The number of benzene rings is 1. The van der Waals surface area contributed by atoms with Gasteiger partial charge < -0.3 is 15.0 Å². The van der Waals surface area contributed by atoms with Crippen molar-refractivity contribution in [2.75, 3.05) is 18.4 Å². The van der Waals surface area contributed by atoms with Crippen molar-refractivity contribution >= 4 is 17.8 Å². The van der Waals surface area contributed by atoms with Gasteiger partial charge in [-0.1, -0.05) is 36.8 Å². The van der Waals surface area contributed by atoms with Gasteiger partial charge >= 0.3 is 6.03 Å². The van der Waals surface area contributed by atoms with Crippen LogP contribution in [0.3, 0.4) is 0 Å². The predicted molar refractivity (Wildman–Crippen MR) is 127 cm³/mol. The molecule has 1 fully saturated rings. The molecular formula is C26H28N4O2. The number of amides is 2. The maximum Gasteiger partial charge on any atom is 0.321 e. The molecule has 0 aliphatic carbocycles. The predicted octanol–water partition coefficient (Wildman–Crippen LogP) is 5.84. The lowest BCUT2D eigenvalue weighted by Crippen LogP contribution is -2.42. The normalized spacial score (nSPS) is 17.3. The lowest BCUT2D eigenvalue weighted by atomic mass is 9.91. The van der Waals surface area contributed by atoms with Crippen molar-refractivity contribution in [3.63, 3.8) is 0 Å². The van der Waals surface area contributed by atoms with E-state index in [1.165, 1.54) is 5.57 Å². The Kier molecular flexibility index (Phi) is 6.50. The summed E-state index contributed by atoms with van der Waals surface area (Å²) in [5.74, 6) is 1.61. The summed E-state index contributed by atoms with van der Waals surface area (Å²) in [6, 6.07) is 15.5. The quantitative estimate of drug-likeness (QED) is 0.567. The molecule has 2 aromatic heterocycles. The van der Waals surface area contributed by atoms with Crippen LogP contribution in [0.15, 0.2) is 66.5 Å². The number of piperidine rings is 1. The van der Waals surface area contributed by atoms with E-state index < -0.39 is 0 Å². The maximum absolute atomic E-state index is 12.6. The van der Waals surface area contributed by atoms with Gasteiger partial charge in [0.15, 0.2) is 0 Å². The highest BCUT2D eigenvalue weighted by Gasteiger charge is 2.24. The Balaban J connectivity index is 1.38. The Morgan fingerprint density at radius 3 is 2.72 bits per heavy atom. The number of aromatic nitrogens is 2. The third-order valence-corrected chi connectivity index (χ3v) is 5.56. The Labute approximate surface area is 189 Å². The van der Waals surface area contributed by atoms with Gasteiger partial charge in [0, 0.05) is 31.0 Å². The lowest BCUT2D eigenvalue weighted by Gasteiger charge is -2.33. The van der Waals surface area contributed by atoms with Gasteiger partial charge in [0.05, 0.1) is 11.9 Å². The number of nitrogens with one attached hydrogen (secondary N) is 1. The monoisotopic (exact) mass is 428 g/mol. The largest absolute Gasteiger partial charge is 0.439 e. The summed E-state index contributed by atoms with van der Waals surface area (Å²) in [7, 11) is 0. The zero-order chi connectivity index (χ0) is 22.5. The number of aryl methyl sites for hydroxylation is 2. The van der Waals surface area contributed by atoms with Gasteiger partial charge in [-0.2, -0.15) is 0 Å². The first-order chi connectivity index (χ1) is 15.5. The number of nitrogens with zero attached hydrogens (tertiary/aromatic N) is 3. The van der Waals surface area contributed by atoms with E-state index in [1.54, 1.807) is 12.4 Å². The fourth-order valence-corrected chi connectivity index (χ4v) is 3.71. The number of likely N-dealkylation sites (tertiary alicyclic amines) is 1. The molecule has 1 aliphatic heterocycles. The van der Waals surface area contributed by atoms with Crippen LogP contribution in [0.25, 0.3) is 6.08 Å². The number of ether oxygens (including phenoxy) is 1. The van der Waals surface area contributed by atoms with Crippen molar-refractivity contribution < 1.29 is 9.53 Å². The highest BCUT2D eigenvalue weighted by atomic mass is 16.5. The van der Waals surface area contributed by atoms with Crippen LogP contribution >= 0.6 is 0 Å². The van der Waals surface area contributed by atoms with E-state index in [0.717, 1.165) is 34.7 Å². The molecular weight excluding hydrogens is 400 g/mol. The van der Waals surface area contributed by atoms with Gasteiger partial charge in [-0.25, -0.2) is 9.78 Å². The van der Waals surface area contributed by atoms with Gasteiger partial charge in [0.2, 0.25) is 5.88 Å². The standard InChI is InChI=1S/C26H28N4O2/c1-18-7-10-25(28-15-18)32-24-6-4-5-21(14-24)13-22-11-12-30(17-19(22)2)26(31)29-23-9-8-20(3)27-16-23/h4-10,13-16,19H,11-12,17H2,1-3H3,(H,29,31). The van der Waals surface area contributed by atoms with Gasteiger partial charge in [0.1, 0.15) is 5.75 Å². The maximum atomic E-state index is 12.6. The number of rotatable bonds is 4. The summed E-state index contributed by atoms with van der Waals surface area (Å²) in [5.41, 5.74) is 5.15. The number of hydrogen-bond donors (Lipinski definition) is 1. The molecule has 32 heavy (non-hydrogen) atoms. The minimum atomic E-state index is -0.0810. The zero-order valence-corrected chi connectivity index (χ0v) is 18.7. The molecule has 3 heterocycles. The Morgan fingerprint density at radius 1 is 1.12 bits per heavy atom. The first-order valence-electron chi connectivity index (χ1n) is 10.9. The highest BCUT2D eigenvalue weighted by molar-refractivity contribution is 5.89. The average molecular weight is 429 g/mol. The second-order valence-electron chi connectivity index (χ2n) is 8.28. The molecule has 0 radical (unpaired) electrons. The van der Waals surface area contributed by atoms with Crippen molar-refractivity contribution in [1.29, 1.82) is 0 Å². The van der Waals surface area contributed by atoms with Crippen molar-refractivity contribution in [3.8, 4) is 11.6 Å². The minimum absolute atomic E-state index is 0.0810. The summed E-state index contributed by atoms with van der Waals surface area (Å²) in [6.07, 6.45) is 6.53. The summed E-state index contributed by atoms with van der Waals surface area (Å²) in [4.78, 5) is 23.0.